The molecule has 0 aliphatic carbocycles. The Morgan fingerprint density at radius 1 is 1.37 bits per heavy atom. The summed E-state index contributed by atoms with van der Waals surface area (Å²) in [5.74, 6) is -0.0592. The lowest BCUT2D eigenvalue weighted by Crippen LogP contribution is -2.26. The predicted octanol–water partition coefficient (Wildman–Crippen LogP) is 3.97. The highest BCUT2D eigenvalue weighted by molar-refractivity contribution is 7.80. The van der Waals surface area contributed by atoms with E-state index >= 15 is 0 Å². The van der Waals surface area contributed by atoms with Crippen LogP contribution in [0.15, 0.2) is 35.2 Å². The summed E-state index contributed by atoms with van der Waals surface area (Å²) in [5, 5.41) is 2.92. The summed E-state index contributed by atoms with van der Waals surface area (Å²) in [6, 6.07) is 9.42. The summed E-state index contributed by atoms with van der Waals surface area (Å²) in [6.07, 6.45) is 0.794. The Morgan fingerprint density at radius 2 is 2.16 bits per heavy atom. The van der Waals surface area contributed by atoms with Gasteiger partial charge in [0.15, 0.2) is 0 Å². The minimum absolute atomic E-state index is 0.0592. The number of hydrogen-bond acceptors (Lipinski definition) is 3. The van der Waals surface area contributed by atoms with E-state index in [1.165, 1.54) is 4.88 Å². The number of hydrogen-bond donors (Lipinski definition) is 2. The minimum Gasteiger partial charge on any atom is -0.352 e. The van der Waals surface area contributed by atoms with Crippen molar-refractivity contribution in [3.05, 3.63) is 50.7 Å². The molecule has 0 unspecified atom stereocenters. The quantitative estimate of drug-likeness (QED) is 0.822. The molecule has 2 nitrogen and oxygen atoms in total. The average Bonchev–Trinajstić information content (AvgIpc) is 2.78. The highest BCUT2D eigenvalue weighted by Gasteiger charge is 2.09. The Hall–Kier alpha value is -0.970. The monoisotopic (exact) mass is 311 g/mol. The molecule has 1 aromatic heterocycles. The van der Waals surface area contributed by atoms with Crippen LogP contribution in [-0.4, -0.2) is 12.5 Å². The van der Waals surface area contributed by atoms with Crippen LogP contribution in [0.1, 0.15) is 20.8 Å². The Kier molecular flexibility index (Phi) is 4.91. The fourth-order valence-corrected chi connectivity index (χ4v) is 3.03. The smallest absolute Gasteiger partial charge is 0.251 e. The molecule has 0 saturated heterocycles. The van der Waals surface area contributed by atoms with Crippen molar-refractivity contribution in [3.63, 3.8) is 0 Å². The molecule has 0 radical (unpaired) electrons. The molecule has 1 amide bonds. The lowest BCUT2D eigenvalue weighted by Gasteiger charge is -2.07. The lowest BCUT2D eigenvalue weighted by molar-refractivity contribution is 0.0953. The second-order valence-electron chi connectivity index (χ2n) is 4.21. The molecule has 1 N–H and O–H groups in total. The summed E-state index contributed by atoms with van der Waals surface area (Å²) in [7, 11) is 0. The molecule has 5 heteroatoms. The zero-order valence-corrected chi connectivity index (χ0v) is 12.9. The Labute approximate surface area is 127 Å². The second-order valence-corrected chi connectivity index (χ2v) is 6.53. The Bertz CT molecular complexity index is 595. The first-order chi connectivity index (χ1) is 9.06. The van der Waals surface area contributed by atoms with Crippen LogP contribution < -0.4 is 5.32 Å². The third-order valence-corrected chi connectivity index (χ3v) is 4.32. The third kappa shape index (κ3) is 4.00. The van der Waals surface area contributed by atoms with Crippen molar-refractivity contribution in [2.45, 2.75) is 18.2 Å². The van der Waals surface area contributed by atoms with Gasteiger partial charge >= 0.3 is 0 Å². The summed E-state index contributed by atoms with van der Waals surface area (Å²) >= 11 is 11.7. The number of benzene rings is 1. The number of nitrogens with one attached hydrogen (secondary N) is 1. The molecule has 0 atom stereocenters. The molecule has 0 bridgehead atoms. The molecule has 100 valence electrons. The largest absolute Gasteiger partial charge is 0.352 e. The summed E-state index contributed by atoms with van der Waals surface area (Å²) in [4.78, 5) is 14.0. The minimum atomic E-state index is -0.0592. The Morgan fingerprint density at radius 3 is 2.84 bits per heavy atom. The highest BCUT2D eigenvalue weighted by atomic mass is 35.5. The van der Waals surface area contributed by atoms with E-state index in [-0.39, 0.29) is 5.91 Å². The molecule has 2 rings (SSSR count). The zero-order chi connectivity index (χ0) is 13.8. The first kappa shape index (κ1) is 14.4. The van der Waals surface area contributed by atoms with Gasteiger partial charge in [0.2, 0.25) is 0 Å². The van der Waals surface area contributed by atoms with E-state index in [2.05, 4.69) is 17.9 Å². The van der Waals surface area contributed by atoms with Gasteiger partial charge in [0.1, 0.15) is 0 Å². The number of aryl methyl sites for hydroxylation is 1. The highest BCUT2D eigenvalue weighted by Crippen LogP contribution is 2.21. The topological polar surface area (TPSA) is 29.1 Å². The van der Waals surface area contributed by atoms with Crippen molar-refractivity contribution in [3.8, 4) is 0 Å². The van der Waals surface area contributed by atoms with Crippen LogP contribution in [0.5, 0.6) is 0 Å². The molecule has 19 heavy (non-hydrogen) atoms. The van der Waals surface area contributed by atoms with Crippen LogP contribution in [0.25, 0.3) is 0 Å². The van der Waals surface area contributed by atoms with Crippen LogP contribution >= 0.6 is 35.6 Å². The molecule has 0 fully saturated rings. The van der Waals surface area contributed by atoms with E-state index in [9.17, 15) is 4.79 Å². The SMILES string of the molecule is Cc1ccc(S)cc1C(=O)NCCc1ccc(Cl)s1. The van der Waals surface area contributed by atoms with Crippen molar-refractivity contribution >= 4 is 41.5 Å². The van der Waals surface area contributed by atoms with Crippen molar-refractivity contribution in [1.82, 2.24) is 5.32 Å². The van der Waals surface area contributed by atoms with Crippen LogP contribution in [0.2, 0.25) is 4.34 Å². The number of halogens is 1. The molecular weight excluding hydrogens is 298 g/mol. The van der Waals surface area contributed by atoms with E-state index in [4.69, 9.17) is 11.6 Å². The van der Waals surface area contributed by atoms with Crippen molar-refractivity contribution in [2.75, 3.05) is 6.54 Å². The van der Waals surface area contributed by atoms with Crippen LogP contribution in [0.3, 0.4) is 0 Å². The zero-order valence-electron chi connectivity index (χ0n) is 10.4. The summed E-state index contributed by atoms with van der Waals surface area (Å²) < 4.78 is 0.778. The van der Waals surface area contributed by atoms with Crippen LogP contribution in [0.4, 0.5) is 0 Å². The molecule has 1 aromatic carbocycles. The molecule has 0 aliphatic rings. The maximum Gasteiger partial charge on any atom is 0.251 e. The number of thiophene rings is 1. The number of carbonyl (C=O) groups excluding carboxylic acids is 1. The van der Waals surface area contributed by atoms with Gasteiger partial charge in [-0.2, -0.15) is 0 Å². The summed E-state index contributed by atoms with van der Waals surface area (Å²) in [5.41, 5.74) is 1.63. The van der Waals surface area contributed by atoms with Gasteiger partial charge in [-0.3, -0.25) is 4.79 Å². The maximum atomic E-state index is 12.0. The predicted molar refractivity (Wildman–Crippen MR) is 83.8 cm³/mol. The number of thiol groups is 1. The van der Waals surface area contributed by atoms with Gasteiger partial charge in [-0.1, -0.05) is 17.7 Å². The fraction of sp³-hybridized carbons (Fsp3) is 0.214. The van der Waals surface area contributed by atoms with Gasteiger partial charge < -0.3 is 5.32 Å². The summed E-state index contributed by atoms with van der Waals surface area (Å²) in [6.45, 7) is 2.52. The second kappa shape index (κ2) is 6.46. The van der Waals surface area contributed by atoms with Gasteiger partial charge in [-0.15, -0.1) is 24.0 Å². The molecular formula is C14H14ClNOS2. The number of carbonyl (C=O) groups is 1. The Balaban J connectivity index is 1.92. The number of amides is 1. The average molecular weight is 312 g/mol. The van der Waals surface area contributed by atoms with Gasteiger partial charge in [-0.05, 0) is 43.2 Å². The van der Waals surface area contributed by atoms with E-state index < -0.39 is 0 Å². The van der Waals surface area contributed by atoms with Gasteiger partial charge in [0, 0.05) is 21.9 Å². The van der Waals surface area contributed by atoms with Gasteiger partial charge in [0.05, 0.1) is 4.34 Å². The van der Waals surface area contributed by atoms with Gasteiger partial charge in [0.25, 0.3) is 5.91 Å². The molecule has 1 heterocycles. The van der Waals surface area contributed by atoms with E-state index in [1.54, 1.807) is 17.4 Å². The van der Waals surface area contributed by atoms with E-state index in [0.717, 1.165) is 21.2 Å². The molecule has 0 aliphatic heterocycles. The van der Waals surface area contributed by atoms with Crippen molar-refractivity contribution < 1.29 is 4.79 Å². The normalized spacial score (nSPS) is 10.5. The third-order valence-electron chi connectivity index (χ3n) is 2.75. The lowest BCUT2D eigenvalue weighted by atomic mass is 10.1. The van der Waals surface area contributed by atoms with Crippen LogP contribution in [-0.2, 0) is 6.42 Å². The molecule has 2 aromatic rings. The molecule has 0 spiro atoms. The fourth-order valence-electron chi connectivity index (χ4n) is 1.74. The van der Waals surface area contributed by atoms with Crippen molar-refractivity contribution in [2.24, 2.45) is 0 Å². The van der Waals surface area contributed by atoms with Crippen molar-refractivity contribution in [1.29, 1.82) is 0 Å². The van der Waals surface area contributed by atoms with Gasteiger partial charge in [-0.25, -0.2) is 0 Å². The molecule has 0 saturated carbocycles. The first-order valence-electron chi connectivity index (χ1n) is 5.88. The van der Waals surface area contributed by atoms with Crippen LogP contribution in [0, 0.1) is 6.92 Å². The van der Waals surface area contributed by atoms with E-state index in [1.807, 2.05) is 31.2 Å². The maximum absolute atomic E-state index is 12.0. The first-order valence-corrected chi connectivity index (χ1v) is 7.52. The van der Waals surface area contributed by atoms with E-state index in [0.29, 0.717) is 12.1 Å². The standard InChI is InChI=1S/C14H14ClNOS2/c1-9-2-3-10(18)8-12(9)14(17)16-7-6-11-4-5-13(15)19-11/h2-5,8,18H,6-7H2,1H3,(H,16,17). The number of rotatable bonds is 4.